The fourth-order valence-electron chi connectivity index (χ4n) is 1.80. The number of carbonyl (C=O) groups excluding carboxylic acids is 1. The number of ketones is 1. The molecule has 0 fully saturated rings. The van der Waals surface area contributed by atoms with Crippen LogP contribution in [0, 0.1) is 0 Å². The van der Waals surface area contributed by atoms with Crippen LogP contribution in [0.2, 0.25) is 0 Å². The van der Waals surface area contributed by atoms with Crippen molar-refractivity contribution < 1.29 is 14.3 Å². The highest BCUT2D eigenvalue weighted by molar-refractivity contribution is 7.99. The van der Waals surface area contributed by atoms with Gasteiger partial charge in [-0.05, 0) is 43.3 Å². The minimum atomic E-state index is 0.0399. The van der Waals surface area contributed by atoms with E-state index in [9.17, 15) is 4.79 Å². The van der Waals surface area contributed by atoms with Crippen LogP contribution in [0.3, 0.4) is 0 Å². The van der Waals surface area contributed by atoms with E-state index in [4.69, 9.17) is 9.47 Å². The van der Waals surface area contributed by atoms with Gasteiger partial charge in [-0.25, -0.2) is 0 Å². The summed E-state index contributed by atoms with van der Waals surface area (Å²) < 4.78 is 10.4. The SMILES string of the molecule is COc1cccc(Sc2cc(OC)ccc2C(C)=O)c1. The maximum Gasteiger partial charge on any atom is 0.160 e. The zero-order chi connectivity index (χ0) is 14.5. The molecule has 4 heteroatoms. The fourth-order valence-corrected chi connectivity index (χ4v) is 2.87. The smallest absolute Gasteiger partial charge is 0.160 e. The third-order valence-electron chi connectivity index (χ3n) is 2.84. The molecule has 0 aliphatic heterocycles. The van der Waals surface area contributed by atoms with Crippen molar-refractivity contribution in [1.82, 2.24) is 0 Å². The van der Waals surface area contributed by atoms with Crippen molar-refractivity contribution in [3.05, 3.63) is 48.0 Å². The number of hydrogen-bond acceptors (Lipinski definition) is 4. The van der Waals surface area contributed by atoms with Crippen LogP contribution in [0.15, 0.2) is 52.3 Å². The van der Waals surface area contributed by atoms with E-state index in [1.54, 1.807) is 33.3 Å². The van der Waals surface area contributed by atoms with Crippen LogP contribution in [-0.2, 0) is 0 Å². The fraction of sp³-hybridized carbons (Fsp3) is 0.188. The number of benzene rings is 2. The summed E-state index contributed by atoms with van der Waals surface area (Å²) >= 11 is 1.52. The summed E-state index contributed by atoms with van der Waals surface area (Å²) in [6.45, 7) is 1.57. The molecule has 2 aromatic carbocycles. The van der Waals surface area contributed by atoms with Gasteiger partial charge in [0, 0.05) is 15.4 Å². The van der Waals surface area contributed by atoms with E-state index < -0.39 is 0 Å². The molecule has 0 saturated heterocycles. The van der Waals surface area contributed by atoms with Gasteiger partial charge < -0.3 is 9.47 Å². The first-order valence-corrected chi connectivity index (χ1v) is 6.96. The lowest BCUT2D eigenvalue weighted by Crippen LogP contribution is -1.96. The summed E-state index contributed by atoms with van der Waals surface area (Å²) in [6.07, 6.45) is 0. The Labute approximate surface area is 122 Å². The molecule has 0 aromatic heterocycles. The summed E-state index contributed by atoms with van der Waals surface area (Å²) in [4.78, 5) is 13.6. The van der Waals surface area contributed by atoms with Crippen LogP contribution in [0.4, 0.5) is 0 Å². The van der Waals surface area contributed by atoms with Gasteiger partial charge in [0.15, 0.2) is 5.78 Å². The molecule has 104 valence electrons. The van der Waals surface area contributed by atoms with Crippen molar-refractivity contribution in [3.63, 3.8) is 0 Å². The Morgan fingerprint density at radius 1 is 1.00 bits per heavy atom. The first kappa shape index (κ1) is 14.5. The van der Waals surface area contributed by atoms with E-state index in [-0.39, 0.29) is 5.78 Å². The average molecular weight is 288 g/mol. The summed E-state index contributed by atoms with van der Waals surface area (Å²) in [6, 6.07) is 13.2. The third kappa shape index (κ3) is 3.33. The van der Waals surface area contributed by atoms with Crippen molar-refractivity contribution in [2.24, 2.45) is 0 Å². The molecule has 0 aliphatic rings. The van der Waals surface area contributed by atoms with E-state index in [1.165, 1.54) is 11.8 Å². The second-order valence-electron chi connectivity index (χ2n) is 4.20. The van der Waals surface area contributed by atoms with Crippen molar-refractivity contribution >= 4 is 17.5 Å². The topological polar surface area (TPSA) is 35.5 Å². The Morgan fingerprint density at radius 3 is 2.35 bits per heavy atom. The predicted octanol–water partition coefficient (Wildman–Crippen LogP) is 4.06. The van der Waals surface area contributed by atoms with E-state index in [2.05, 4.69) is 0 Å². The molecule has 0 saturated carbocycles. The van der Waals surface area contributed by atoms with Crippen molar-refractivity contribution in [2.45, 2.75) is 16.7 Å². The molecule has 2 rings (SSSR count). The Hall–Kier alpha value is -1.94. The van der Waals surface area contributed by atoms with Gasteiger partial charge in [0.05, 0.1) is 14.2 Å². The van der Waals surface area contributed by atoms with E-state index in [1.807, 2.05) is 30.3 Å². The molecule has 0 heterocycles. The molecule has 0 spiro atoms. The first-order valence-electron chi connectivity index (χ1n) is 6.15. The molecule has 0 radical (unpaired) electrons. The zero-order valence-electron chi connectivity index (χ0n) is 11.7. The number of Topliss-reactive ketones (excluding diaryl/α,β-unsaturated/α-hetero) is 1. The molecule has 0 N–H and O–H groups in total. The average Bonchev–Trinajstić information content (AvgIpc) is 2.47. The molecule has 3 nitrogen and oxygen atoms in total. The Kier molecular flexibility index (Phi) is 4.69. The molecule has 20 heavy (non-hydrogen) atoms. The number of rotatable bonds is 5. The second kappa shape index (κ2) is 6.48. The Balaban J connectivity index is 2.37. The van der Waals surface area contributed by atoms with Crippen LogP contribution in [-0.4, -0.2) is 20.0 Å². The molecule has 0 amide bonds. The molecular weight excluding hydrogens is 272 g/mol. The van der Waals surface area contributed by atoms with Gasteiger partial charge in [-0.15, -0.1) is 0 Å². The molecule has 0 bridgehead atoms. The first-order chi connectivity index (χ1) is 9.63. The minimum Gasteiger partial charge on any atom is -0.497 e. The Bertz CT molecular complexity index is 623. The lowest BCUT2D eigenvalue weighted by Gasteiger charge is -2.10. The lowest BCUT2D eigenvalue weighted by atomic mass is 10.1. The molecular formula is C16H16O3S. The maximum absolute atomic E-state index is 11.7. The Morgan fingerprint density at radius 2 is 1.70 bits per heavy atom. The number of methoxy groups -OCH3 is 2. The number of hydrogen-bond donors (Lipinski definition) is 0. The van der Waals surface area contributed by atoms with Gasteiger partial charge in [-0.1, -0.05) is 17.8 Å². The summed E-state index contributed by atoms with van der Waals surface area (Å²) in [7, 11) is 3.25. The van der Waals surface area contributed by atoms with E-state index in [0.717, 1.165) is 21.3 Å². The normalized spacial score (nSPS) is 10.2. The van der Waals surface area contributed by atoms with Crippen LogP contribution < -0.4 is 9.47 Å². The monoisotopic (exact) mass is 288 g/mol. The predicted molar refractivity (Wildman–Crippen MR) is 80.1 cm³/mol. The summed E-state index contributed by atoms with van der Waals surface area (Å²) in [5.41, 5.74) is 0.693. The zero-order valence-corrected chi connectivity index (χ0v) is 12.5. The van der Waals surface area contributed by atoms with E-state index in [0.29, 0.717) is 5.56 Å². The third-order valence-corrected chi connectivity index (χ3v) is 3.88. The van der Waals surface area contributed by atoms with Gasteiger partial charge in [-0.3, -0.25) is 4.79 Å². The highest BCUT2D eigenvalue weighted by atomic mass is 32.2. The van der Waals surface area contributed by atoms with Crippen molar-refractivity contribution in [3.8, 4) is 11.5 Å². The highest BCUT2D eigenvalue weighted by Crippen LogP contribution is 2.34. The van der Waals surface area contributed by atoms with Crippen LogP contribution in [0.5, 0.6) is 11.5 Å². The second-order valence-corrected chi connectivity index (χ2v) is 5.31. The number of carbonyl (C=O) groups is 1. The van der Waals surface area contributed by atoms with Crippen LogP contribution >= 0.6 is 11.8 Å². The van der Waals surface area contributed by atoms with Gasteiger partial charge in [0.2, 0.25) is 0 Å². The van der Waals surface area contributed by atoms with Crippen LogP contribution in [0.25, 0.3) is 0 Å². The van der Waals surface area contributed by atoms with Crippen molar-refractivity contribution in [2.75, 3.05) is 14.2 Å². The minimum absolute atomic E-state index is 0.0399. The number of ether oxygens (including phenoxy) is 2. The van der Waals surface area contributed by atoms with Gasteiger partial charge in [0.25, 0.3) is 0 Å². The van der Waals surface area contributed by atoms with Gasteiger partial charge >= 0.3 is 0 Å². The largest absolute Gasteiger partial charge is 0.497 e. The maximum atomic E-state index is 11.7. The summed E-state index contributed by atoms with van der Waals surface area (Å²) in [5.74, 6) is 1.57. The van der Waals surface area contributed by atoms with E-state index >= 15 is 0 Å². The van der Waals surface area contributed by atoms with Gasteiger partial charge in [0.1, 0.15) is 11.5 Å². The summed E-state index contributed by atoms with van der Waals surface area (Å²) in [5, 5.41) is 0. The quantitative estimate of drug-likeness (QED) is 0.777. The molecule has 0 unspecified atom stereocenters. The molecule has 0 aliphatic carbocycles. The molecule has 0 atom stereocenters. The van der Waals surface area contributed by atoms with Crippen molar-refractivity contribution in [1.29, 1.82) is 0 Å². The molecule has 2 aromatic rings. The van der Waals surface area contributed by atoms with Crippen LogP contribution in [0.1, 0.15) is 17.3 Å². The van der Waals surface area contributed by atoms with Gasteiger partial charge in [-0.2, -0.15) is 0 Å². The standard InChI is InChI=1S/C16H16O3S/c1-11(17)15-8-7-13(19-3)10-16(15)20-14-6-4-5-12(9-14)18-2/h4-10H,1-3H3. The highest BCUT2D eigenvalue weighted by Gasteiger charge is 2.10. The lowest BCUT2D eigenvalue weighted by molar-refractivity contribution is 0.101.